The SMILES string of the molecule is Cc1cc2cc(Cl)ccc2[nH]1.O=CNC1CC2=C(CC=CC=C2)C1. The van der Waals surface area contributed by atoms with Crippen molar-refractivity contribution in [2.75, 3.05) is 0 Å². The Labute approximate surface area is 147 Å². The lowest BCUT2D eigenvalue weighted by molar-refractivity contribution is -0.110. The molecule has 1 aromatic carbocycles. The number of fused-ring (bicyclic) bond motifs is 1. The van der Waals surface area contributed by atoms with Gasteiger partial charge in [0.2, 0.25) is 6.41 Å². The summed E-state index contributed by atoms with van der Waals surface area (Å²) in [5, 5.41) is 4.81. The molecule has 0 saturated carbocycles. The van der Waals surface area contributed by atoms with E-state index in [2.05, 4.69) is 40.7 Å². The Morgan fingerprint density at radius 1 is 1.25 bits per heavy atom. The van der Waals surface area contributed by atoms with Crippen molar-refractivity contribution in [3.63, 3.8) is 0 Å². The highest BCUT2D eigenvalue weighted by molar-refractivity contribution is 6.31. The molecule has 1 unspecified atom stereocenters. The molecular weight excluding hydrogens is 320 g/mol. The highest BCUT2D eigenvalue weighted by Crippen LogP contribution is 2.31. The Kier molecular flexibility index (Phi) is 5.21. The third kappa shape index (κ3) is 3.98. The number of hydrogen-bond acceptors (Lipinski definition) is 1. The summed E-state index contributed by atoms with van der Waals surface area (Å²) in [4.78, 5) is 13.5. The molecule has 0 saturated heterocycles. The van der Waals surface area contributed by atoms with Gasteiger partial charge in [-0.1, -0.05) is 41.5 Å². The first-order valence-corrected chi connectivity index (χ1v) is 8.52. The molecule has 1 atom stereocenters. The van der Waals surface area contributed by atoms with E-state index in [1.165, 1.54) is 22.2 Å². The second kappa shape index (κ2) is 7.54. The smallest absolute Gasteiger partial charge is 0.207 e. The van der Waals surface area contributed by atoms with Crippen LogP contribution in [0.25, 0.3) is 10.9 Å². The van der Waals surface area contributed by atoms with Crippen molar-refractivity contribution >= 4 is 28.9 Å². The first-order chi connectivity index (χ1) is 11.7. The van der Waals surface area contributed by atoms with Gasteiger partial charge in [-0.05, 0) is 56.0 Å². The molecule has 0 bridgehead atoms. The van der Waals surface area contributed by atoms with Crippen molar-refractivity contribution in [1.82, 2.24) is 10.3 Å². The van der Waals surface area contributed by atoms with Gasteiger partial charge in [-0.2, -0.15) is 0 Å². The molecule has 2 aromatic rings. The largest absolute Gasteiger partial charge is 0.359 e. The lowest BCUT2D eigenvalue weighted by Crippen LogP contribution is -2.25. The van der Waals surface area contributed by atoms with Gasteiger partial charge in [0, 0.05) is 27.7 Å². The van der Waals surface area contributed by atoms with E-state index in [4.69, 9.17) is 11.6 Å². The number of benzene rings is 1. The van der Waals surface area contributed by atoms with Gasteiger partial charge in [0.25, 0.3) is 0 Å². The van der Waals surface area contributed by atoms with Gasteiger partial charge in [-0.15, -0.1) is 0 Å². The molecule has 124 valence electrons. The third-order valence-electron chi connectivity index (χ3n) is 4.34. The van der Waals surface area contributed by atoms with Crippen LogP contribution >= 0.6 is 11.6 Å². The number of amides is 1. The van der Waals surface area contributed by atoms with Crippen LogP contribution in [0.5, 0.6) is 0 Å². The van der Waals surface area contributed by atoms with E-state index < -0.39 is 0 Å². The molecule has 2 aliphatic carbocycles. The molecule has 1 aromatic heterocycles. The Balaban J connectivity index is 0.000000143. The number of aromatic nitrogens is 1. The molecule has 0 aliphatic heterocycles. The number of halogens is 1. The summed E-state index contributed by atoms with van der Waals surface area (Å²) in [5.74, 6) is 0. The van der Waals surface area contributed by atoms with Crippen molar-refractivity contribution in [2.45, 2.75) is 32.2 Å². The summed E-state index contributed by atoms with van der Waals surface area (Å²) in [6.07, 6.45) is 12.3. The molecule has 24 heavy (non-hydrogen) atoms. The molecule has 1 amide bonds. The van der Waals surface area contributed by atoms with E-state index in [1.807, 2.05) is 25.1 Å². The van der Waals surface area contributed by atoms with Crippen LogP contribution in [0, 0.1) is 6.92 Å². The van der Waals surface area contributed by atoms with Crippen molar-refractivity contribution in [3.05, 3.63) is 70.4 Å². The van der Waals surface area contributed by atoms with Gasteiger partial charge in [-0.3, -0.25) is 4.79 Å². The van der Waals surface area contributed by atoms with Crippen LogP contribution < -0.4 is 5.32 Å². The van der Waals surface area contributed by atoms with Gasteiger partial charge in [0.05, 0.1) is 0 Å². The summed E-state index contributed by atoms with van der Waals surface area (Å²) in [5.41, 5.74) is 5.20. The van der Waals surface area contributed by atoms with E-state index in [9.17, 15) is 4.79 Å². The molecule has 0 fully saturated rings. The van der Waals surface area contributed by atoms with Gasteiger partial charge in [0.1, 0.15) is 0 Å². The normalized spacial score (nSPS) is 18.8. The van der Waals surface area contributed by atoms with Crippen LogP contribution in [0.2, 0.25) is 5.02 Å². The van der Waals surface area contributed by atoms with Crippen molar-refractivity contribution < 1.29 is 4.79 Å². The average Bonchev–Trinajstić information content (AvgIpc) is 3.03. The predicted octanol–water partition coefficient (Wildman–Crippen LogP) is 4.84. The zero-order valence-corrected chi connectivity index (χ0v) is 14.4. The highest BCUT2D eigenvalue weighted by atomic mass is 35.5. The number of hydrogen-bond donors (Lipinski definition) is 2. The fourth-order valence-electron chi connectivity index (χ4n) is 3.23. The number of carbonyl (C=O) groups excluding carboxylic acids is 1. The zero-order valence-electron chi connectivity index (χ0n) is 13.7. The Morgan fingerprint density at radius 2 is 2.12 bits per heavy atom. The maximum Gasteiger partial charge on any atom is 0.207 e. The fraction of sp³-hybridized carbons (Fsp3) is 0.250. The molecular formula is C20H21ClN2O. The molecule has 0 radical (unpaired) electrons. The highest BCUT2D eigenvalue weighted by Gasteiger charge is 2.21. The van der Waals surface area contributed by atoms with Crippen LogP contribution in [0.1, 0.15) is 25.0 Å². The molecule has 3 nitrogen and oxygen atoms in total. The number of rotatable bonds is 2. The molecule has 4 rings (SSSR count). The second-order valence-corrected chi connectivity index (χ2v) is 6.63. The van der Waals surface area contributed by atoms with Crippen LogP contribution in [0.4, 0.5) is 0 Å². The maximum atomic E-state index is 10.3. The number of allylic oxidation sites excluding steroid dienone is 4. The standard InChI is InChI=1S/C11H13NO.C9H8ClN/c13-8-12-11-6-9-4-2-1-3-5-10(9)7-11;1-6-4-7-5-8(10)2-3-9(7)11-6/h1-4,8,11H,5-7H2,(H,12,13);2-5,11H,1H3. The summed E-state index contributed by atoms with van der Waals surface area (Å²) in [7, 11) is 0. The van der Waals surface area contributed by atoms with E-state index in [1.54, 1.807) is 0 Å². The fourth-order valence-corrected chi connectivity index (χ4v) is 3.41. The van der Waals surface area contributed by atoms with Gasteiger partial charge < -0.3 is 10.3 Å². The summed E-state index contributed by atoms with van der Waals surface area (Å²) < 4.78 is 0. The van der Waals surface area contributed by atoms with Crippen LogP contribution in [0.3, 0.4) is 0 Å². The van der Waals surface area contributed by atoms with E-state index in [0.29, 0.717) is 6.04 Å². The Bertz CT molecular complexity index is 829. The molecule has 1 heterocycles. The monoisotopic (exact) mass is 340 g/mol. The minimum absolute atomic E-state index is 0.332. The number of aryl methyl sites for hydroxylation is 1. The molecule has 4 heteroatoms. The Morgan fingerprint density at radius 3 is 2.96 bits per heavy atom. The van der Waals surface area contributed by atoms with Gasteiger partial charge in [-0.25, -0.2) is 0 Å². The second-order valence-electron chi connectivity index (χ2n) is 6.19. The number of H-pyrrole nitrogens is 1. The zero-order chi connectivity index (χ0) is 16.9. The molecule has 2 N–H and O–H groups in total. The lowest BCUT2D eigenvalue weighted by atomic mass is 10.1. The molecule has 0 spiro atoms. The lowest BCUT2D eigenvalue weighted by Gasteiger charge is -2.07. The predicted molar refractivity (Wildman–Crippen MR) is 100 cm³/mol. The molecule has 2 aliphatic rings. The van der Waals surface area contributed by atoms with Gasteiger partial charge in [0.15, 0.2) is 0 Å². The van der Waals surface area contributed by atoms with Crippen molar-refractivity contribution in [1.29, 1.82) is 0 Å². The summed E-state index contributed by atoms with van der Waals surface area (Å²) >= 11 is 5.81. The van der Waals surface area contributed by atoms with Crippen LogP contribution in [0.15, 0.2) is 59.7 Å². The van der Waals surface area contributed by atoms with Crippen LogP contribution in [-0.2, 0) is 4.79 Å². The minimum atomic E-state index is 0.332. The minimum Gasteiger partial charge on any atom is -0.359 e. The third-order valence-corrected chi connectivity index (χ3v) is 4.58. The number of nitrogens with one attached hydrogen (secondary N) is 2. The quantitative estimate of drug-likeness (QED) is 0.755. The summed E-state index contributed by atoms with van der Waals surface area (Å²) in [6, 6.07) is 8.25. The number of carbonyl (C=O) groups is 1. The average molecular weight is 341 g/mol. The van der Waals surface area contributed by atoms with Crippen molar-refractivity contribution in [3.8, 4) is 0 Å². The van der Waals surface area contributed by atoms with E-state index >= 15 is 0 Å². The van der Waals surface area contributed by atoms with Crippen molar-refractivity contribution in [2.24, 2.45) is 0 Å². The topological polar surface area (TPSA) is 44.9 Å². The first-order valence-electron chi connectivity index (χ1n) is 8.14. The van der Waals surface area contributed by atoms with E-state index in [-0.39, 0.29) is 0 Å². The number of aromatic amines is 1. The maximum absolute atomic E-state index is 10.3. The Hall–Kier alpha value is -2.26. The van der Waals surface area contributed by atoms with Gasteiger partial charge >= 0.3 is 0 Å². The summed E-state index contributed by atoms with van der Waals surface area (Å²) in [6.45, 7) is 2.04. The van der Waals surface area contributed by atoms with E-state index in [0.717, 1.165) is 36.2 Å². The first kappa shape index (κ1) is 16.6. The van der Waals surface area contributed by atoms with Crippen LogP contribution in [-0.4, -0.2) is 17.4 Å².